The molecule has 23 heavy (non-hydrogen) atoms. The number of nitrogens with two attached hydrogens (primary N) is 1. The first-order valence-electron chi connectivity index (χ1n) is 9.43. The van der Waals surface area contributed by atoms with Gasteiger partial charge in [-0.15, -0.1) is 0 Å². The molecule has 2 N–H and O–H groups in total. The van der Waals surface area contributed by atoms with Crippen LogP contribution in [0, 0.1) is 11.3 Å². The van der Waals surface area contributed by atoms with Crippen molar-refractivity contribution in [1.82, 2.24) is 0 Å². The Hall–Kier alpha value is -0.860. The van der Waals surface area contributed by atoms with Crippen molar-refractivity contribution in [2.24, 2.45) is 11.3 Å². The second-order valence-corrected chi connectivity index (χ2v) is 8.07. The predicted molar refractivity (Wildman–Crippen MR) is 97.4 cm³/mol. The lowest BCUT2D eigenvalue weighted by atomic mass is 9.64. The molecular weight excluding hydrogens is 282 g/mol. The lowest BCUT2D eigenvalue weighted by Crippen LogP contribution is -2.85. The van der Waals surface area contributed by atoms with Gasteiger partial charge in [-0.25, -0.2) is 0 Å². The van der Waals surface area contributed by atoms with Crippen molar-refractivity contribution in [3.05, 3.63) is 35.9 Å². The number of hydrogen-bond acceptors (Lipinski definition) is 1. The second-order valence-electron chi connectivity index (χ2n) is 8.07. The Morgan fingerprint density at radius 3 is 2.48 bits per heavy atom. The second kappa shape index (κ2) is 7.81. The minimum Gasteiger partial charge on any atom is -0.375 e. The van der Waals surface area contributed by atoms with E-state index in [4.69, 9.17) is 4.74 Å². The van der Waals surface area contributed by atoms with Crippen LogP contribution in [-0.4, -0.2) is 18.8 Å². The van der Waals surface area contributed by atoms with Gasteiger partial charge in [0.15, 0.2) is 0 Å². The molecule has 0 radical (unpaired) electrons. The predicted octanol–water partition coefficient (Wildman–Crippen LogP) is 4.32. The number of rotatable bonds is 7. The minimum atomic E-state index is 0.0770. The molecule has 2 nitrogen and oxygen atoms in total. The van der Waals surface area contributed by atoms with Gasteiger partial charge in [0.2, 0.25) is 0 Å². The van der Waals surface area contributed by atoms with E-state index in [1.807, 2.05) is 0 Å². The monoisotopic (exact) mass is 318 g/mol. The van der Waals surface area contributed by atoms with Crippen LogP contribution < -0.4 is 5.32 Å². The summed E-state index contributed by atoms with van der Waals surface area (Å²) < 4.78 is 6.11. The van der Waals surface area contributed by atoms with Crippen molar-refractivity contribution < 1.29 is 10.1 Å². The topological polar surface area (TPSA) is 25.8 Å². The van der Waals surface area contributed by atoms with E-state index in [0.717, 1.165) is 18.9 Å². The molecule has 1 heterocycles. The van der Waals surface area contributed by atoms with Crippen molar-refractivity contribution in [1.29, 1.82) is 0 Å². The maximum absolute atomic E-state index is 6.11. The zero-order chi connectivity index (χ0) is 16.9. The summed E-state index contributed by atoms with van der Waals surface area (Å²) in [6.45, 7) is 13.8. The van der Waals surface area contributed by atoms with Crippen molar-refractivity contribution in [3.8, 4) is 0 Å². The van der Waals surface area contributed by atoms with E-state index in [2.05, 4.69) is 70.3 Å². The van der Waals surface area contributed by atoms with E-state index >= 15 is 0 Å². The highest BCUT2D eigenvalue weighted by Gasteiger charge is 2.44. The average molecular weight is 319 g/mol. The third kappa shape index (κ3) is 4.58. The molecule has 3 atom stereocenters. The smallest absolute Gasteiger partial charge is 0.109 e. The Kier molecular flexibility index (Phi) is 6.27. The van der Waals surface area contributed by atoms with Gasteiger partial charge in [0.05, 0.1) is 12.1 Å². The highest BCUT2D eigenvalue weighted by atomic mass is 16.5. The van der Waals surface area contributed by atoms with Crippen LogP contribution in [0.3, 0.4) is 0 Å². The zero-order valence-corrected chi connectivity index (χ0v) is 15.8. The maximum Gasteiger partial charge on any atom is 0.109 e. The van der Waals surface area contributed by atoms with Crippen LogP contribution in [0.1, 0.15) is 71.9 Å². The van der Waals surface area contributed by atoms with Crippen molar-refractivity contribution in [3.63, 3.8) is 0 Å². The van der Waals surface area contributed by atoms with Crippen molar-refractivity contribution in [2.45, 2.75) is 71.9 Å². The van der Waals surface area contributed by atoms with Gasteiger partial charge in [-0.2, -0.15) is 0 Å². The van der Waals surface area contributed by atoms with E-state index in [1.165, 1.54) is 31.4 Å². The van der Waals surface area contributed by atoms with Crippen LogP contribution in [0.25, 0.3) is 0 Å². The molecule has 0 spiro atoms. The molecule has 2 rings (SSSR count). The first-order chi connectivity index (χ1) is 10.9. The van der Waals surface area contributed by atoms with E-state index in [1.54, 1.807) is 0 Å². The molecule has 1 aliphatic rings. The lowest BCUT2D eigenvalue weighted by molar-refractivity contribution is -0.694. The van der Waals surface area contributed by atoms with Gasteiger partial charge in [-0.05, 0) is 44.4 Å². The summed E-state index contributed by atoms with van der Waals surface area (Å²) in [7, 11) is 0. The molecule has 1 aromatic rings. The summed E-state index contributed by atoms with van der Waals surface area (Å²) in [5.41, 5.74) is 1.94. The standard InChI is InChI=1S/C21H35NO/c1-6-20(5)16-21(17(2)3,13-15-23-20)12-14-22-18(4)19-10-8-7-9-11-19/h7-11,17-18,22H,6,12-16H2,1-5H3/p+1/t18-,20-,21-/m0/s1. The number of quaternary nitrogens is 1. The summed E-state index contributed by atoms with van der Waals surface area (Å²) in [6, 6.07) is 11.4. The van der Waals surface area contributed by atoms with Crippen LogP contribution in [0.15, 0.2) is 30.3 Å². The zero-order valence-electron chi connectivity index (χ0n) is 15.8. The summed E-state index contributed by atoms with van der Waals surface area (Å²) in [4.78, 5) is 0. The quantitative estimate of drug-likeness (QED) is 0.796. The molecule has 1 saturated heterocycles. The van der Waals surface area contributed by atoms with Gasteiger partial charge in [-0.3, -0.25) is 0 Å². The summed E-state index contributed by atoms with van der Waals surface area (Å²) in [5.74, 6) is 0.720. The van der Waals surface area contributed by atoms with E-state index in [9.17, 15) is 0 Å². The molecule has 1 fully saturated rings. The van der Waals surface area contributed by atoms with Crippen molar-refractivity contribution >= 4 is 0 Å². The lowest BCUT2D eigenvalue weighted by Gasteiger charge is -2.48. The third-order valence-corrected chi connectivity index (χ3v) is 6.24. The van der Waals surface area contributed by atoms with Gasteiger partial charge in [0.25, 0.3) is 0 Å². The fourth-order valence-electron chi connectivity index (χ4n) is 4.12. The highest BCUT2D eigenvalue weighted by molar-refractivity contribution is 5.16. The van der Waals surface area contributed by atoms with Crippen LogP contribution in [0.2, 0.25) is 0 Å². The SMILES string of the molecule is CC[C@@]1(C)C[C@@](CC[NH2+][C@@H](C)c2ccccc2)(C(C)C)CCO1. The van der Waals surface area contributed by atoms with E-state index < -0.39 is 0 Å². The fourth-order valence-corrected chi connectivity index (χ4v) is 4.12. The first-order valence-corrected chi connectivity index (χ1v) is 9.43. The Morgan fingerprint density at radius 1 is 1.17 bits per heavy atom. The number of ether oxygens (including phenoxy) is 1. The fraction of sp³-hybridized carbons (Fsp3) is 0.714. The average Bonchev–Trinajstić information content (AvgIpc) is 2.55. The molecule has 0 bridgehead atoms. The van der Waals surface area contributed by atoms with Crippen LogP contribution in [0.5, 0.6) is 0 Å². The van der Waals surface area contributed by atoms with Gasteiger partial charge in [0.1, 0.15) is 6.04 Å². The van der Waals surface area contributed by atoms with E-state index in [0.29, 0.717) is 11.5 Å². The third-order valence-electron chi connectivity index (χ3n) is 6.24. The molecule has 1 aliphatic heterocycles. The molecule has 0 aromatic heterocycles. The highest BCUT2D eigenvalue weighted by Crippen LogP contribution is 2.47. The molecule has 0 unspecified atom stereocenters. The summed E-state index contributed by atoms with van der Waals surface area (Å²) in [6.07, 6.45) is 4.84. The Bertz CT molecular complexity index is 472. The van der Waals surface area contributed by atoms with E-state index in [-0.39, 0.29) is 5.60 Å². The molecular formula is C21H36NO+. The van der Waals surface area contributed by atoms with Crippen LogP contribution in [0.4, 0.5) is 0 Å². The minimum absolute atomic E-state index is 0.0770. The van der Waals surface area contributed by atoms with Gasteiger partial charge >= 0.3 is 0 Å². The van der Waals surface area contributed by atoms with Gasteiger partial charge in [-0.1, -0.05) is 51.1 Å². The normalized spacial score (nSPS) is 29.7. The first kappa shape index (κ1) is 18.5. The van der Waals surface area contributed by atoms with Gasteiger partial charge < -0.3 is 10.1 Å². The Morgan fingerprint density at radius 2 is 1.87 bits per heavy atom. The maximum atomic E-state index is 6.11. The van der Waals surface area contributed by atoms with Crippen LogP contribution >= 0.6 is 0 Å². The Balaban J connectivity index is 1.95. The van der Waals surface area contributed by atoms with Gasteiger partial charge in [0, 0.05) is 18.6 Å². The summed E-state index contributed by atoms with van der Waals surface area (Å²) in [5, 5.41) is 2.51. The molecule has 0 aliphatic carbocycles. The largest absolute Gasteiger partial charge is 0.375 e. The number of benzene rings is 1. The van der Waals surface area contributed by atoms with Crippen molar-refractivity contribution in [2.75, 3.05) is 13.2 Å². The molecule has 0 saturated carbocycles. The van der Waals surface area contributed by atoms with Crippen LogP contribution in [-0.2, 0) is 4.74 Å². The molecule has 130 valence electrons. The molecule has 0 amide bonds. The molecule has 1 aromatic carbocycles. The molecule has 2 heteroatoms. The number of hydrogen-bond donors (Lipinski definition) is 1. The Labute approximate surface area is 143 Å². The summed E-state index contributed by atoms with van der Waals surface area (Å²) >= 11 is 0.